The van der Waals surface area contributed by atoms with Gasteiger partial charge in [0.05, 0.1) is 29.9 Å². The summed E-state index contributed by atoms with van der Waals surface area (Å²) in [5.41, 5.74) is 4.80. The Morgan fingerprint density at radius 1 is 1.08 bits per heavy atom. The lowest BCUT2D eigenvalue weighted by Crippen LogP contribution is -2.46. The lowest BCUT2D eigenvalue weighted by atomic mass is 9.90. The van der Waals surface area contributed by atoms with E-state index in [9.17, 15) is 19.2 Å². The number of hydrogen-bond acceptors (Lipinski definition) is 9. The fraction of sp³-hybridized carbons (Fsp3) is 0.324. The molecule has 3 aromatic heterocycles. The molecule has 2 aliphatic heterocycles. The van der Waals surface area contributed by atoms with Crippen LogP contribution >= 0.6 is 11.6 Å². The molecule has 4 amide bonds. The van der Waals surface area contributed by atoms with Crippen LogP contribution < -0.4 is 20.7 Å². The number of likely N-dealkylation sites (tertiary alicyclic amines) is 1. The van der Waals surface area contributed by atoms with E-state index in [1.807, 2.05) is 44.4 Å². The molecule has 1 unspecified atom stereocenters. The number of piperidine rings is 2. The fourth-order valence-electron chi connectivity index (χ4n) is 6.70. The molecule has 0 spiro atoms. The summed E-state index contributed by atoms with van der Waals surface area (Å²) in [6.45, 7) is 3.70. The standard InChI is InChI=1S/C37H38ClN9O5/c1-21-28(20-46(2)45-21)34-43-32-33(29(38)17-40-35(32)44-34)52-26-11-7-24(8-12-26)36(50)41-18-31(49)47-15-3-4-22(19-47)16-39-25-9-5-23(6-10-25)27-13-14-30(48)42-37(27)51/h5-12,17,20,22,27,39H,3-4,13-16,18-19H2,1-2H3,(H,41,50)(H,40,43,44)(H,42,48,51)/t22?,27-/m0/s1. The molecule has 14 nitrogen and oxygen atoms in total. The van der Waals surface area contributed by atoms with Crippen LogP contribution in [0.2, 0.25) is 5.02 Å². The first kappa shape index (κ1) is 34.7. The highest BCUT2D eigenvalue weighted by Crippen LogP contribution is 2.36. The van der Waals surface area contributed by atoms with E-state index in [1.54, 1.807) is 33.8 Å². The van der Waals surface area contributed by atoms with Crippen LogP contribution in [0.4, 0.5) is 5.69 Å². The molecule has 2 aromatic carbocycles. The maximum Gasteiger partial charge on any atom is 0.251 e. The van der Waals surface area contributed by atoms with Crippen molar-refractivity contribution in [3.05, 3.63) is 82.8 Å². The fourth-order valence-corrected chi connectivity index (χ4v) is 6.88. The van der Waals surface area contributed by atoms with E-state index < -0.39 is 0 Å². The second-order valence-electron chi connectivity index (χ2n) is 13.2. The average molecular weight is 724 g/mol. The van der Waals surface area contributed by atoms with Crippen LogP contribution in [-0.4, -0.2) is 79.4 Å². The van der Waals surface area contributed by atoms with Crippen molar-refractivity contribution < 1.29 is 23.9 Å². The molecule has 52 heavy (non-hydrogen) atoms. The summed E-state index contributed by atoms with van der Waals surface area (Å²) in [4.78, 5) is 63.7. The Morgan fingerprint density at radius 3 is 2.60 bits per heavy atom. The molecule has 2 atom stereocenters. The highest BCUT2D eigenvalue weighted by atomic mass is 35.5. The summed E-state index contributed by atoms with van der Waals surface area (Å²) in [6, 6.07) is 14.3. The molecule has 15 heteroatoms. The first-order valence-electron chi connectivity index (χ1n) is 17.2. The van der Waals surface area contributed by atoms with E-state index in [0.29, 0.717) is 71.5 Å². The van der Waals surface area contributed by atoms with Gasteiger partial charge in [0.15, 0.2) is 11.4 Å². The van der Waals surface area contributed by atoms with Crippen molar-refractivity contribution in [1.82, 2.24) is 40.3 Å². The Labute approximate surface area is 304 Å². The molecule has 268 valence electrons. The van der Waals surface area contributed by atoms with Crippen LogP contribution in [0.25, 0.3) is 22.6 Å². The lowest BCUT2D eigenvalue weighted by molar-refractivity contribution is -0.134. The number of aromatic nitrogens is 5. The summed E-state index contributed by atoms with van der Waals surface area (Å²) in [6.07, 6.45) is 6.05. The van der Waals surface area contributed by atoms with Crippen molar-refractivity contribution in [3.8, 4) is 22.9 Å². The minimum absolute atomic E-state index is 0.109. The normalized spacial score (nSPS) is 17.6. The Morgan fingerprint density at radius 2 is 1.87 bits per heavy atom. The molecular formula is C37H38ClN9O5. The van der Waals surface area contributed by atoms with Gasteiger partial charge in [-0.3, -0.25) is 29.2 Å². The monoisotopic (exact) mass is 723 g/mol. The lowest BCUT2D eigenvalue weighted by Gasteiger charge is -2.33. The van der Waals surface area contributed by atoms with Crippen molar-refractivity contribution in [2.24, 2.45) is 13.0 Å². The molecule has 4 N–H and O–H groups in total. The average Bonchev–Trinajstić information content (AvgIpc) is 3.73. The number of fused-ring (bicyclic) bond motifs is 1. The van der Waals surface area contributed by atoms with Gasteiger partial charge in [-0.05, 0) is 74.1 Å². The van der Waals surface area contributed by atoms with Crippen molar-refractivity contribution in [1.29, 1.82) is 0 Å². The van der Waals surface area contributed by atoms with Crippen LogP contribution in [0.5, 0.6) is 11.5 Å². The van der Waals surface area contributed by atoms with E-state index in [-0.39, 0.29) is 42.0 Å². The summed E-state index contributed by atoms with van der Waals surface area (Å²) >= 11 is 6.48. The molecule has 2 saturated heterocycles. The first-order valence-corrected chi connectivity index (χ1v) is 17.6. The molecule has 2 fully saturated rings. The summed E-state index contributed by atoms with van der Waals surface area (Å²) in [5.74, 6) is 0.347. The number of hydrogen-bond donors (Lipinski definition) is 4. The van der Waals surface area contributed by atoms with Crippen LogP contribution in [0, 0.1) is 12.8 Å². The summed E-state index contributed by atoms with van der Waals surface area (Å²) in [5, 5.41) is 13.3. The molecule has 5 aromatic rings. The third-order valence-corrected chi connectivity index (χ3v) is 9.72. The number of aromatic amines is 1. The minimum atomic E-state index is -0.370. The van der Waals surface area contributed by atoms with Gasteiger partial charge in [0.2, 0.25) is 17.7 Å². The molecule has 5 heterocycles. The Balaban J connectivity index is 0.896. The number of amides is 4. The van der Waals surface area contributed by atoms with Crippen LogP contribution in [-0.2, 0) is 21.4 Å². The molecule has 0 radical (unpaired) electrons. The van der Waals surface area contributed by atoms with Crippen LogP contribution in [0.3, 0.4) is 0 Å². The molecule has 0 bridgehead atoms. The van der Waals surface area contributed by atoms with Crippen molar-refractivity contribution in [2.75, 3.05) is 31.5 Å². The van der Waals surface area contributed by atoms with E-state index in [2.05, 4.69) is 36.0 Å². The van der Waals surface area contributed by atoms with Gasteiger partial charge in [-0.15, -0.1) is 0 Å². The Bertz CT molecular complexity index is 2150. The molecule has 0 aliphatic carbocycles. The predicted molar refractivity (Wildman–Crippen MR) is 194 cm³/mol. The number of rotatable bonds is 10. The van der Waals surface area contributed by atoms with Gasteiger partial charge in [-0.1, -0.05) is 23.7 Å². The number of benzene rings is 2. The van der Waals surface area contributed by atoms with Gasteiger partial charge in [0.25, 0.3) is 5.91 Å². The molecular weight excluding hydrogens is 686 g/mol. The zero-order chi connectivity index (χ0) is 36.4. The maximum atomic E-state index is 13.1. The van der Waals surface area contributed by atoms with Gasteiger partial charge in [-0.25, -0.2) is 9.97 Å². The minimum Gasteiger partial charge on any atom is -0.453 e. The Kier molecular flexibility index (Phi) is 9.90. The number of aryl methyl sites for hydroxylation is 2. The highest BCUT2D eigenvalue weighted by molar-refractivity contribution is 6.32. The van der Waals surface area contributed by atoms with E-state index >= 15 is 0 Å². The molecule has 0 saturated carbocycles. The SMILES string of the molecule is Cc1nn(C)cc1-c1nc2ncc(Cl)c(Oc3ccc(C(=O)NCC(=O)N4CCCC(CNc5ccc([C@@H]6CCC(=O)NC6=O)cc5)C4)cc3)c2[nH]1. The second-order valence-corrected chi connectivity index (χ2v) is 13.6. The number of anilines is 1. The van der Waals surface area contributed by atoms with Gasteiger partial charge in [0.1, 0.15) is 22.1 Å². The molecule has 2 aliphatic rings. The molecule has 7 rings (SSSR count). The second kappa shape index (κ2) is 14.8. The van der Waals surface area contributed by atoms with Gasteiger partial charge < -0.3 is 25.3 Å². The predicted octanol–water partition coefficient (Wildman–Crippen LogP) is 4.71. The highest BCUT2D eigenvalue weighted by Gasteiger charge is 2.28. The smallest absolute Gasteiger partial charge is 0.251 e. The van der Waals surface area contributed by atoms with Crippen LogP contribution in [0.1, 0.15) is 53.2 Å². The largest absolute Gasteiger partial charge is 0.453 e. The summed E-state index contributed by atoms with van der Waals surface area (Å²) in [7, 11) is 1.84. The number of pyridine rings is 1. The third kappa shape index (κ3) is 7.61. The topological polar surface area (TPSA) is 176 Å². The first-order chi connectivity index (χ1) is 25.1. The number of carbonyl (C=O) groups excluding carboxylic acids is 4. The van der Waals surface area contributed by atoms with E-state index in [1.165, 1.54) is 6.20 Å². The number of nitrogens with zero attached hydrogens (tertiary/aromatic N) is 5. The zero-order valence-electron chi connectivity index (χ0n) is 28.7. The van der Waals surface area contributed by atoms with Crippen molar-refractivity contribution in [2.45, 2.75) is 38.5 Å². The van der Waals surface area contributed by atoms with Gasteiger partial charge in [-0.2, -0.15) is 5.10 Å². The van der Waals surface area contributed by atoms with Gasteiger partial charge >= 0.3 is 0 Å². The van der Waals surface area contributed by atoms with Gasteiger partial charge in [0, 0.05) is 50.6 Å². The summed E-state index contributed by atoms with van der Waals surface area (Å²) < 4.78 is 7.84. The number of halogens is 1. The Hall–Kier alpha value is -5.76. The maximum absolute atomic E-state index is 13.1. The zero-order valence-corrected chi connectivity index (χ0v) is 29.5. The number of imide groups is 1. The number of H-pyrrole nitrogens is 1. The van der Waals surface area contributed by atoms with E-state index in [4.69, 9.17) is 16.3 Å². The van der Waals surface area contributed by atoms with Crippen molar-refractivity contribution in [3.63, 3.8) is 0 Å². The third-order valence-electron chi connectivity index (χ3n) is 9.45. The van der Waals surface area contributed by atoms with Crippen molar-refractivity contribution >= 4 is 52.1 Å². The van der Waals surface area contributed by atoms with Crippen LogP contribution in [0.15, 0.2) is 60.9 Å². The number of ether oxygens (including phenoxy) is 1. The quantitative estimate of drug-likeness (QED) is 0.149. The number of nitrogens with one attached hydrogen (secondary N) is 4. The number of imidazole rings is 1. The van der Waals surface area contributed by atoms with E-state index in [0.717, 1.165) is 35.3 Å². The number of carbonyl (C=O) groups is 4.